The molecule has 0 saturated carbocycles. The van der Waals surface area contributed by atoms with Gasteiger partial charge in [-0.1, -0.05) is 18.2 Å². The summed E-state index contributed by atoms with van der Waals surface area (Å²) in [6.07, 6.45) is 3.61. The Hall–Kier alpha value is -1.48. The minimum Gasteiger partial charge on any atom is -0.502 e. The van der Waals surface area contributed by atoms with E-state index in [1.807, 2.05) is 43.3 Å². The number of hydrazine groups is 1. The molecule has 0 bridgehead atoms. The Morgan fingerprint density at radius 3 is 2.79 bits per heavy atom. The molecule has 0 unspecified atom stereocenters. The molecule has 0 aromatic heterocycles. The van der Waals surface area contributed by atoms with Gasteiger partial charge < -0.3 is 10.2 Å². The van der Waals surface area contributed by atoms with Gasteiger partial charge in [0.25, 0.3) is 0 Å². The maximum absolute atomic E-state index is 5.04. The van der Waals surface area contributed by atoms with Crippen LogP contribution < -0.4 is 10.9 Å². The lowest BCUT2D eigenvalue weighted by atomic mass is 10.3. The first kappa shape index (κ1) is 10.6. The van der Waals surface area contributed by atoms with E-state index in [4.69, 9.17) is 4.74 Å². The SMILES string of the molecule is CCOC=CCNNc1ccccc1. The Morgan fingerprint density at radius 1 is 1.29 bits per heavy atom. The Bertz CT molecular complexity index is 259. The highest BCUT2D eigenvalue weighted by Gasteiger charge is 1.84. The zero-order valence-corrected chi connectivity index (χ0v) is 8.36. The summed E-state index contributed by atoms with van der Waals surface area (Å²) in [7, 11) is 0. The number of anilines is 1. The standard InChI is InChI=1S/C11H16N2O/c1-2-14-10-6-9-12-13-11-7-4-3-5-8-11/h3-8,10,12-13H,2,9H2,1H3. The summed E-state index contributed by atoms with van der Waals surface area (Å²) < 4.78 is 5.04. The number of ether oxygens (including phenoxy) is 1. The van der Waals surface area contributed by atoms with E-state index in [-0.39, 0.29) is 0 Å². The number of hydrogen-bond donors (Lipinski definition) is 2. The Morgan fingerprint density at radius 2 is 2.07 bits per heavy atom. The lowest BCUT2D eigenvalue weighted by Crippen LogP contribution is -2.21. The van der Waals surface area contributed by atoms with E-state index in [0.717, 1.165) is 12.2 Å². The van der Waals surface area contributed by atoms with E-state index in [9.17, 15) is 0 Å². The van der Waals surface area contributed by atoms with Gasteiger partial charge >= 0.3 is 0 Å². The van der Waals surface area contributed by atoms with E-state index in [1.54, 1.807) is 6.26 Å². The smallest absolute Gasteiger partial charge is 0.0845 e. The molecule has 0 fully saturated rings. The largest absolute Gasteiger partial charge is 0.502 e. The molecule has 0 atom stereocenters. The summed E-state index contributed by atoms with van der Waals surface area (Å²) in [5.41, 5.74) is 7.16. The second-order valence-electron chi connectivity index (χ2n) is 2.70. The third kappa shape index (κ3) is 4.52. The Kier molecular flexibility index (Phi) is 5.28. The second-order valence-corrected chi connectivity index (χ2v) is 2.70. The van der Waals surface area contributed by atoms with Gasteiger partial charge in [-0.05, 0) is 25.1 Å². The van der Waals surface area contributed by atoms with Crippen molar-refractivity contribution in [1.82, 2.24) is 5.43 Å². The van der Waals surface area contributed by atoms with Gasteiger partial charge in [0, 0.05) is 12.2 Å². The molecule has 1 aromatic carbocycles. The van der Waals surface area contributed by atoms with Crippen LogP contribution in [0.15, 0.2) is 42.7 Å². The normalized spacial score (nSPS) is 10.4. The van der Waals surface area contributed by atoms with Gasteiger partial charge in [-0.15, -0.1) is 0 Å². The van der Waals surface area contributed by atoms with Crippen LogP contribution in [0.2, 0.25) is 0 Å². The maximum Gasteiger partial charge on any atom is 0.0845 e. The van der Waals surface area contributed by atoms with Crippen molar-refractivity contribution in [3.05, 3.63) is 42.7 Å². The van der Waals surface area contributed by atoms with E-state index in [2.05, 4.69) is 10.9 Å². The highest BCUT2D eigenvalue weighted by atomic mass is 16.5. The monoisotopic (exact) mass is 192 g/mol. The van der Waals surface area contributed by atoms with Crippen molar-refractivity contribution >= 4 is 5.69 Å². The van der Waals surface area contributed by atoms with Crippen molar-refractivity contribution in [2.75, 3.05) is 18.6 Å². The fourth-order valence-electron chi connectivity index (χ4n) is 0.946. The summed E-state index contributed by atoms with van der Waals surface area (Å²) in [6, 6.07) is 9.96. The minimum atomic E-state index is 0.711. The highest BCUT2D eigenvalue weighted by Crippen LogP contribution is 2.01. The predicted octanol–water partition coefficient (Wildman–Crippen LogP) is 2.15. The van der Waals surface area contributed by atoms with Crippen LogP contribution in [0.4, 0.5) is 5.69 Å². The molecule has 3 heteroatoms. The maximum atomic E-state index is 5.04. The Balaban J connectivity index is 2.10. The van der Waals surface area contributed by atoms with Gasteiger partial charge in [-0.3, -0.25) is 0 Å². The topological polar surface area (TPSA) is 33.3 Å². The molecule has 0 amide bonds. The van der Waals surface area contributed by atoms with Crippen molar-refractivity contribution in [3.8, 4) is 0 Å². The van der Waals surface area contributed by atoms with Crippen molar-refractivity contribution in [2.45, 2.75) is 6.92 Å². The summed E-state index contributed by atoms with van der Waals surface area (Å²) in [5.74, 6) is 0. The van der Waals surface area contributed by atoms with Crippen LogP contribution in [-0.2, 0) is 4.74 Å². The molecule has 0 aliphatic heterocycles. The minimum absolute atomic E-state index is 0.711. The lowest BCUT2D eigenvalue weighted by molar-refractivity contribution is 0.268. The molecular weight excluding hydrogens is 176 g/mol. The zero-order chi connectivity index (χ0) is 10.1. The number of rotatable bonds is 6. The quantitative estimate of drug-likeness (QED) is 0.411. The van der Waals surface area contributed by atoms with Crippen LogP contribution in [0, 0.1) is 0 Å². The van der Waals surface area contributed by atoms with Crippen LogP contribution >= 0.6 is 0 Å². The van der Waals surface area contributed by atoms with Crippen molar-refractivity contribution < 1.29 is 4.74 Å². The highest BCUT2D eigenvalue weighted by molar-refractivity contribution is 5.41. The fraction of sp³-hybridized carbons (Fsp3) is 0.273. The summed E-state index contributed by atoms with van der Waals surface area (Å²) in [4.78, 5) is 0. The molecule has 1 rings (SSSR count). The van der Waals surface area contributed by atoms with Crippen LogP contribution in [0.5, 0.6) is 0 Å². The molecular formula is C11H16N2O. The average Bonchev–Trinajstić information content (AvgIpc) is 2.25. The molecule has 2 N–H and O–H groups in total. The van der Waals surface area contributed by atoms with E-state index < -0.39 is 0 Å². The van der Waals surface area contributed by atoms with Gasteiger partial charge in [-0.25, -0.2) is 5.43 Å². The zero-order valence-electron chi connectivity index (χ0n) is 8.36. The number of para-hydroxylation sites is 1. The molecule has 0 spiro atoms. The van der Waals surface area contributed by atoms with Gasteiger partial charge in [0.2, 0.25) is 0 Å². The molecule has 0 aliphatic carbocycles. The van der Waals surface area contributed by atoms with Crippen molar-refractivity contribution in [3.63, 3.8) is 0 Å². The summed E-state index contributed by atoms with van der Waals surface area (Å²) in [5, 5.41) is 0. The third-order valence-corrected chi connectivity index (χ3v) is 1.59. The molecule has 0 heterocycles. The van der Waals surface area contributed by atoms with E-state index in [1.165, 1.54) is 0 Å². The molecule has 1 aromatic rings. The average molecular weight is 192 g/mol. The lowest BCUT2D eigenvalue weighted by Gasteiger charge is -2.05. The molecule has 0 aliphatic rings. The first-order chi connectivity index (χ1) is 6.93. The van der Waals surface area contributed by atoms with Crippen molar-refractivity contribution in [2.24, 2.45) is 0 Å². The first-order valence-electron chi connectivity index (χ1n) is 4.74. The molecule has 3 nitrogen and oxygen atoms in total. The van der Waals surface area contributed by atoms with Crippen LogP contribution in [0.3, 0.4) is 0 Å². The van der Waals surface area contributed by atoms with E-state index >= 15 is 0 Å². The van der Waals surface area contributed by atoms with Crippen molar-refractivity contribution in [1.29, 1.82) is 0 Å². The number of hydrogen-bond acceptors (Lipinski definition) is 3. The summed E-state index contributed by atoms with van der Waals surface area (Å²) in [6.45, 7) is 3.40. The van der Waals surface area contributed by atoms with Gasteiger partial charge in [0.05, 0.1) is 12.9 Å². The predicted molar refractivity (Wildman–Crippen MR) is 58.8 cm³/mol. The third-order valence-electron chi connectivity index (χ3n) is 1.59. The number of nitrogens with one attached hydrogen (secondary N) is 2. The molecule has 76 valence electrons. The molecule has 0 saturated heterocycles. The van der Waals surface area contributed by atoms with Crippen LogP contribution in [0.25, 0.3) is 0 Å². The van der Waals surface area contributed by atoms with Gasteiger partial charge in [0.1, 0.15) is 0 Å². The first-order valence-corrected chi connectivity index (χ1v) is 4.74. The number of benzene rings is 1. The summed E-state index contributed by atoms with van der Waals surface area (Å²) >= 11 is 0. The van der Waals surface area contributed by atoms with E-state index in [0.29, 0.717) is 6.61 Å². The molecule has 0 radical (unpaired) electrons. The van der Waals surface area contributed by atoms with Crippen LogP contribution in [-0.4, -0.2) is 13.2 Å². The fourth-order valence-corrected chi connectivity index (χ4v) is 0.946. The van der Waals surface area contributed by atoms with Gasteiger partial charge in [0.15, 0.2) is 0 Å². The Labute approximate surface area is 84.7 Å². The second kappa shape index (κ2) is 6.97. The van der Waals surface area contributed by atoms with Crippen LogP contribution in [0.1, 0.15) is 6.92 Å². The van der Waals surface area contributed by atoms with Gasteiger partial charge in [-0.2, -0.15) is 0 Å². The molecule has 14 heavy (non-hydrogen) atoms.